The van der Waals surface area contributed by atoms with Crippen LogP contribution in [0.25, 0.3) is 10.2 Å². The molecule has 3 rings (SSSR count). The monoisotopic (exact) mass is 348 g/mol. The molecule has 0 saturated heterocycles. The van der Waals surface area contributed by atoms with Crippen LogP contribution in [0.5, 0.6) is 0 Å². The molecule has 102 valence electrons. The first-order chi connectivity index (χ1) is 9.70. The number of aromatic nitrogens is 1. The Morgan fingerprint density at radius 2 is 2.15 bits per heavy atom. The number of anilines is 1. The van der Waals surface area contributed by atoms with Crippen molar-refractivity contribution in [1.29, 1.82) is 0 Å². The van der Waals surface area contributed by atoms with Crippen molar-refractivity contribution in [3.63, 3.8) is 0 Å². The van der Waals surface area contributed by atoms with Gasteiger partial charge < -0.3 is 9.88 Å². The van der Waals surface area contributed by atoms with E-state index in [1.807, 2.05) is 47.2 Å². The zero-order valence-corrected chi connectivity index (χ0v) is 13.3. The third-order valence-corrected chi connectivity index (χ3v) is 4.74. The lowest BCUT2D eigenvalue weighted by Crippen LogP contribution is -2.16. The summed E-state index contributed by atoms with van der Waals surface area (Å²) in [5.41, 5.74) is 2.60. The maximum absolute atomic E-state index is 12.5. The van der Waals surface area contributed by atoms with Crippen LogP contribution in [0.4, 0.5) is 5.69 Å². The third-order valence-electron chi connectivity index (χ3n) is 3.19. The average molecular weight is 349 g/mol. The van der Waals surface area contributed by atoms with Crippen molar-refractivity contribution < 1.29 is 4.79 Å². The predicted octanol–water partition coefficient (Wildman–Crippen LogP) is 4.74. The average Bonchev–Trinajstić information content (AvgIpc) is 3.01. The molecule has 1 aromatic carbocycles. The van der Waals surface area contributed by atoms with Crippen LogP contribution in [0.3, 0.4) is 0 Å². The smallest absolute Gasteiger partial charge is 0.272 e. The number of carbonyl (C=O) groups is 1. The van der Waals surface area contributed by atoms with Crippen molar-refractivity contribution in [2.24, 2.45) is 0 Å². The summed E-state index contributed by atoms with van der Waals surface area (Å²) >= 11 is 5.10. The van der Waals surface area contributed by atoms with E-state index in [9.17, 15) is 4.79 Å². The molecule has 5 heteroatoms. The lowest BCUT2D eigenvalue weighted by atomic mass is 10.3. The molecule has 0 unspecified atom stereocenters. The van der Waals surface area contributed by atoms with Crippen molar-refractivity contribution in [1.82, 2.24) is 4.57 Å². The molecule has 3 nitrogen and oxygen atoms in total. The van der Waals surface area contributed by atoms with Gasteiger partial charge in [0, 0.05) is 11.0 Å². The summed E-state index contributed by atoms with van der Waals surface area (Å²) in [6.45, 7) is 2.82. The van der Waals surface area contributed by atoms with Gasteiger partial charge in [-0.05, 0) is 52.5 Å². The van der Waals surface area contributed by atoms with E-state index in [1.54, 1.807) is 11.3 Å². The van der Waals surface area contributed by atoms with Crippen LogP contribution in [-0.2, 0) is 6.54 Å². The van der Waals surface area contributed by atoms with Gasteiger partial charge in [-0.3, -0.25) is 4.79 Å². The van der Waals surface area contributed by atoms with Gasteiger partial charge in [0.15, 0.2) is 0 Å². The number of nitrogens with zero attached hydrogens (tertiary/aromatic N) is 1. The van der Waals surface area contributed by atoms with Crippen molar-refractivity contribution in [3.05, 3.63) is 51.9 Å². The lowest BCUT2D eigenvalue weighted by molar-refractivity contribution is 0.101. The summed E-state index contributed by atoms with van der Waals surface area (Å²) in [4.78, 5) is 12.5. The van der Waals surface area contributed by atoms with Crippen molar-refractivity contribution in [2.45, 2.75) is 13.5 Å². The first kappa shape index (κ1) is 13.4. The lowest BCUT2D eigenvalue weighted by Gasteiger charge is -2.09. The van der Waals surface area contributed by atoms with Crippen LogP contribution in [0.2, 0.25) is 0 Å². The number of fused-ring (bicyclic) bond motifs is 1. The van der Waals surface area contributed by atoms with Gasteiger partial charge >= 0.3 is 0 Å². The van der Waals surface area contributed by atoms with Crippen LogP contribution in [0, 0.1) is 0 Å². The minimum Gasteiger partial charge on any atom is -0.336 e. The Bertz CT molecular complexity index is 775. The number of nitrogens with one attached hydrogen (secondary N) is 1. The van der Waals surface area contributed by atoms with E-state index in [0.29, 0.717) is 5.69 Å². The minimum absolute atomic E-state index is 0.0813. The molecule has 0 fully saturated rings. The fourth-order valence-electron chi connectivity index (χ4n) is 2.25. The molecule has 1 amide bonds. The molecule has 1 N–H and O–H groups in total. The molecule has 0 bridgehead atoms. The van der Waals surface area contributed by atoms with E-state index in [2.05, 4.69) is 27.3 Å². The van der Waals surface area contributed by atoms with Crippen LogP contribution < -0.4 is 5.32 Å². The fraction of sp³-hybridized carbons (Fsp3) is 0.133. The second-order valence-corrected chi connectivity index (χ2v) is 6.18. The topological polar surface area (TPSA) is 34.0 Å². The maximum atomic E-state index is 12.5. The number of hydrogen-bond donors (Lipinski definition) is 1. The Hall–Kier alpha value is -1.59. The fourth-order valence-corrected chi connectivity index (χ4v) is 3.46. The highest BCUT2D eigenvalue weighted by Crippen LogP contribution is 2.27. The number of thiophene rings is 1. The second kappa shape index (κ2) is 5.42. The number of aryl methyl sites for hydroxylation is 1. The van der Waals surface area contributed by atoms with Gasteiger partial charge in [0.1, 0.15) is 5.69 Å². The molecule has 0 spiro atoms. The quantitative estimate of drug-likeness (QED) is 0.728. The van der Waals surface area contributed by atoms with Gasteiger partial charge in [-0.25, -0.2) is 0 Å². The highest BCUT2D eigenvalue weighted by molar-refractivity contribution is 9.10. The highest BCUT2D eigenvalue weighted by Gasteiger charge is 2.16. The number of para-hydroxylation sites is 1. The van der Waals surface area contributed by atoms with Gasteiger partial charge in [-0.1, -0.05) is 12.1 Å². The van der Waals surface area contributed by atoms with E-state index < -0.39 is 0 Å². The third kappa shape index (κ3) is 2.27. The Balaban J connectivity index is 1.96. The van der Waals surface area contributed by atoms with Gasteiger partial charge in [0.2, 0.25) is 0 Å². The Kier molecular flexibility index (Phi) is 3.63. The summed E-state index contributed by atoms with van der Waals surface area (Å²) in [7, 11) is 0. The van der Waals surface area contributed by atoms with Crippen LogP contribution in [0.15, 0.2) is 46.3 Å². The molecule has 0 saturated carbocycles. The van der Waals surface area contributed by atoms with Crippen molar-refractivity contribution in [2.75, 3.05) is 5.32 Å². The van der Waals surface area contributed by atoms with Gasteiger partial charge in [0.25, 0.3) is 5.91 Å². The highest BCUT2D eigenvalue weighted by atomic mass is 79.9. The number of hydrogen-bond acceptors (Lipinski definition) is 2. The molecule has 0 radical (unpaired) electrons. The van der Waals surface area contributed by atoms with Crippen LogP contribution in [0.1, 0.15) is 17.4 Å². The van der Waals surface area contributed by atoms with Gasteiger partial charge in [0.05, 0.1) is 15.9 Å². The van der Waals surface area contributed by atoms with Crippen LogP contribution in [-0.4, -0.2) is 10.5 Å². The first-order valence-corrected chi connectivity index (χ1v) is 8.00. The summed E-state index contributed by atoms with van der Waals surface area (Å²) in [5.74, 6) is -0.0813. The van der Waals surface area contributed by atoms with E-state index in [0.717, 1.165) is 26.9 Å². The van der Waals surface area contributed by atoms with Crippen molar-refractivity contribution in [3.8, 4) is 0 Å². The molecule has 0 aliphatic rings. The van der Waals surface area contributed by atoms with Gasteiger partial charge in [-0.15, -0.1) is 11.3 Å². The number of amides is 1. The molecular weight excluding hydrogens is 336 g/mol. The number of rotatable bonds is 3. The molecule has 0 aliphatic heterocycles. The molecule has 3 aromatic rings. The van der Waals surface area contributed by atoms with E-state index in [-0.39, 0.29) is 5.91 Å². The minimum atomic E-state index is -0.0813. The van der Waals surface area contributed by atoms with E-state index in [1.165, 1.54) is 0 Å². The standard InChI is InChI=1S/C15H13BrN2OS/c1-2-18-12-7-8-20-14(12)9-13(18)15(19)17-11-6-4-3-5-10(11)16/h3-9H,2H2,1H3,(H,17,19). The summed E-state index contributed by atoms with van der Waals surface area (Å²) in [5, 5.41) is 5.00. The van der Waals surface area contributed by atoms with Crippen LogP contribution >= 0.6 is 27.3 Å². The Morgan fingerprint density at radius 1 is 1.35 bits per heavy atom. The number of halogens is 1. The van der Waals surface area contributed by atoms with Gasteiger partial charge in [-0.2, -0.15) is 0 Å². The SMILES string of the molecule is CCn1c(C(=O)Nc2ccccc2Br)cc2sccc21. The normalized spacial score (nSPS) is 10.9. The first-order valence-electron chi connectivity index (χ1n) is 6.33. The van der Waals surface area contributed by atoms with Crippen molar-refractivity contribution >= 4 is 49.1 Å². The molecule has 2 heterocycles. The Morgan fingerprint density at radius 3 is 2.90 bits per heavy atom. The molecule has 20 heavy (non-hydrogen) atoms. The molecule has 0 aliphatic carbocycles. The second-order valence-electron chi connectivity index (χ2n) is 4.38. The van der Waals surface area contributed by atoms with E-state index in [4.69, 9.17) is 0 Å². The summed E-state index contributed by atoms with van der Waals surface area (Å²) < 4.78 is 4.06. The largest absolute Gasteiger partial charge is 0.336 e. The molecular formula is C15H13BrN2OS. The Labute approximate surface area is 129 Å². The summed E-state index contributed by atoms with van der Waals surface area (Å²) in [6, 6.07) is 11.6. The zero-order chi connectivity index (χ0) is 14.1. The zero-order valence-electron chi connectivity index (χ0n) is 10.9. The maximum Gasteiger partial charge on any atom is 0.272 e. The number of benzene rings is 1. The number of carbonyl (C=O) groups excluding carboxylic acids is 1. The summed E-state index contributed by atoms with van der Waals surface area (Å²) in [6.07, 6.45) is 0. The molecule has 0 atom stereocenters. The van der Waals surface area contributed by atoms with E-state index >= 15 is 0 Å². The predicted molar refractivity (Wildman–Crippen MR) is 87.6 cm³/mol. The molecule has 2 aromatic heterocycles.